The van der Waals surface area contributed by atoms with Crippen LogP contribution in [0, 0.1) is 5.92 Å². The van der Waals surface area contributed by atoms with Gasteiger partial charge in [0, 0.05) is 23.7 Å². The Hall–Kier alpha value is -1.59. The van der Waals surface area contributed by atoms with Crippen LogP contribution in [0.15, 0.2) is 24.3 Å². The first-order valence-electron chi connectivity index (χ1n) is 6.55. The molecule has 0 atom stereocenters. The van der Waals surface area contributed by atoms with Gasteiger partial charge in [0.05, 0.1) is 12.6 Å². The third-order valence-corrected chi connectivity index (χ3v) is 3.76. The molecule has 0 unspecified atom stereocenters. The Morgan fingerprint density at radius 1 is 1.25 bits per heavy atom. The van der Waals surface area contributed by atoms with Crippen molar-refractivity contribution >= 4 is 23.5 Å². The van der Waals surface area contributed by atoms with Crippen LogP contribution in [0.4, 0.5) is 0 Å². The smallest absolute Gasteiger partial charge is 0.306 e. The first-order valence-corrected chi connectivity index (χ1v) is 6.93. The number of amides is 1. The molecule has 2 rings (SSSR count). The zero-order valence-electron chi connectivity index (χ0n) is 11.0. The first kappa shape index (κ1) is 14.8. The van der Waals surface area contributed by atoms with Gasteiger partial charge in [0.1, 0.15) is 0 Å². The third kappa shape index (κ3) is 3.95. The quantitative estimate of drug-likeness (QED) is 0.889. The number of piperidine rings is 1. The van der Waals surface area contributed by atoms with Crippen LogP contribution < -0.4 is 5.32 Å². The van der Waals surface area contributed by atoms with Crippen LogP contribution in [-0.2, 0) is 4.79 Å². The molecule has 1 aliphatic rings. The van der Waals surface area contributed by atoms with E-state index < -0.39 is 5.97 Å². The molecule has 1 aromatic rings. The average molecular weight is 297 g/mol. The fraction of sp³-hybridized carbons (Fsp3) is 0.429. The summed E-state index contributed by atoms with van der Waals surface area (Å²) < 4.78 is 0. The Kier molecular flexibility index (Phi) is 4.98. The molecule has 1 amide bonds. The van der Waals surface area contributed by atoms with E-state index in [2.05, 4.69) is 5.32 Å². The van der Waals surface area contributed by atoms with Gasteiger partial charge in [-0.25, -0.2) is 0 Å². The first-order chi connectivity index (χ1) is 9.56. The minimum Gasteiger partial charge on any atom is -0.481 e. The fourth-order valence-corrected chi connectivity index (χ4v) is 2.35. The molecule has 108 valence electrons. The molecule has 0 aliphatic carbocycles. The van der Waals surface area contributed by atoms with Gasteiger partial charge >= 0.3 is 5.97 Å². The Morgan fingerprint density at radius 3 is 2.40 bits per heavy atom. The molecule has 5 nitrogen and oxygen atoms in total. The van der Waals surface area contributed by atoms with E-state index in [4.69, 9.17) is 16.7 Å². The molecule has 0 saturated carbocycles. The van der Waals surface area contributed by atoms with Crippen molar-refractivity contribution in [2.45, 2.75) is 12.8 Å². The summed E-state index contributed by atoms with van der Waals surface area (Å²) in [6.07, 6.45) is 1.26. The average Bonchev–Trinajstić information content (AvgIpc) is 2.46. The number of nitrogens with zero attached hydrogens (tertiary/aromatic N) is 1. The van der Waals surface area contributed by atoms with Gasteiger partial charge in [0.15, 0.2) is 0 Å². The molecule has 2 N–H and O–H groups in total. The standard InChI is InChI=1S/C14H17ClN2O3/c15-12-3-1-10(2-4-12)13(18)16-9-17-7-5-11(6-8-17)14(19)20/h1-4,11H,5-9H2,(H,16,18)(H,19,20). The number of carbonyl (C=O) groups excluding carboxylic acids is 1. The van der Waals surface area contributed by atoms with E-state index in [9.17, 15) is 9.59 Å². The highest BCUT2D eigenvalue weighted by Crippen LogP contribution is 2.16. The lowest BCUT2D eigenvalue weighted by Crippen LogP contribution is -2.43. The number of hydrogen-bond acceptors (Lipinski definition) is 3. The van der Waals surface area contributed by atoms with Crippen LogP contribution in [-0.4, -0.2) is 41.6 Å². The largest absolute Gasteiger partial charge is 0.481 e. The van der Waals surface area contributed by atoms with Crippen LogP contribution in [0.25, 0.3) is 0 Å². The van der Waals surface area contributed by atoms with E-state index >= 15 is 0 Å². The summed E-state index contributed by atoms with van der Waals surface area (Å²) in [5.74, 6) is -1.13. The van der Waals surface area contributed by atoms with Crippen LogP contribution in [0.5, 0.6) is 0 Å². The summed E-state index contributed by atoms with van der Waals surface area (Å²) in [5, 5.41) is 12.3. The molecule has 0 bridgehead atoms. The predicted molar refractivity (Wildman–Crippen MR) is 75.7 cm³/mol. The monoisotopic (exact) mass is 296 g/mol. The summed E-state index contributed by atoms with van der Waals surface area (Å²) in [5.41, 5.74) is 0.565. The summed E-state index contributed by atoms with van der Waals surface area (Å²) in [4.78, 5) is 24.8. The van der Waals surface area contributed by atoms with E-state index in [-0.39, 0.29) is 11.8 Å². The van der Waals surface area contributed by atoms with Gasteiger partial charge < -0.3 is 10.4 Å². The Balaban J connectivity index is 1.77. The molecule has 1 heterocycles. The molecule has 1 aliphatic heterocycles. The zero-order valence-corrected chi connectivity index (χ0v) is 11.8. The van der Waals surface area contributed by atoms with Crippen molar-refractivity contribution < 1.29 is 14.7 Å². The summed E-state index contributed by atoms with van der Waals surface area (Å²) in [6, 6.07) is 6.70. The Morgan fingerprint density at radius 2 is 1.85 bits per heavy atom. The zero-order chi connectivity index (χ0) is 14.5. The van der Waals surface area contributed by atoms with Crippen LogP contribution >= 0.6 is 11.6 Å². The molecular weight excluding hydrogens is 280 g/mol. The second kappa shape index (κ2) is 6.72. The van der Waals surface area contributed by atoms with Gasteiger partial charge in [-0.15, -0.1) is 0 Å². The van der Waals surface area contributed by atoms with Crippen molar-refractivity contribution in [1.82, 2.24) is 10.2 Å². The highest BCUT2D eigenvalue weighted by Gasteiger charge is 2.24. The van der Waals surface area contributed by atoms with Crippen molar-refractivity contribution in [3.05, 3.63) is 34.9 Å². The Labute approximate surface area is 122 Å². The van der Waals surface area contributed by atoms with Crippen molar-refractivity contribution in [2.24, 2.45) is 5.92 Å². The minimum absolute atomic E-state index is 0.151. The van der Waals surface area contributed by atoms with E-state index in [0.29, 0.717) is 43.2 Å². The van der Waals surface area contributed by atoms with Crippen LogP contribution in [0.2, 0.25) is 5.02 Å². The molecule has 0 radical (unpaired) electrons. The van der Waals surface area contributed by atoms with Crippen molar-refractivity contribution in [3.63, 3.8) is 0 Å². The SMILES string of the molecule is O=C(NCN1CCC(C(=O)O)CC1)c1ccc(Cl)cc1. The normalized spacial score (nSPS) is 16.9. The van der Waals surface area contributed by atoms with Gasteiger partial charge in [0.2, 0.25) is 0 Å². The van der Waals surface area contributed by atoms with Crippen molar-refractivity contribution in [2.75, 3.05) is 19.8 Å². The van der Waals surface area contributed by atoms with Gasteiger partial charge in [-0.05, 0) is 37.1 Å². The number of aliphatic carboxylic acids is 1. The number of carbonyl (C=O) groups is 2. The maximum atomic E-state index is 11.9. The number of nitrogens with one attached hydrogen (secondary N) is 1. The van der Waals surface area contributed by atoms with Crippen molar-refractivity contribution in [3.8, 4) is 0 Å². The van der Waals surface area contributed by atoms with Crippen LogP contribution in [0.1, 0.15) is 23.2 Å². The van der Waals surface area contributed by atoms with Gasteiger partial charge in [-0.2, -0.15) is 0 Å². The summed E-state index contributed by atoms with van der Waals surface area (Å²) >= 11 is 5.77. The summed E-state index contributed by atoms with van der Waals surface area (Å²) in [6.45, 7) is 1.82. The third-order valence-electron chi connectivity index (χ3n) is 3.51. The molecule has 0 aromatic heterocycles. The molecule has 6 heteroatoms. The molecule has 20 heavy (non-hydrogen) atoms. The Bertz CT molecular complexity index is 482. The minimum atomic E-state index is -0.727. The number of benzene rings is 1. The maximum Gasteiger partial charge on any atom is 0.306 e. The van der Waals surface area contributed by atoms with Gasteiger partial charge in [-0.3, -0.25) is 14.5 Å². The lowest BCUT2D eigenvalue weighted by Gasteiger charge is -2.29. The van der Waals surface area contributed by atoms with E-state index in [1.165, 1.54) is 0 Å². The molecule has 1 fully saturated rings. The molecule has 1 aromatic carbocycles. The molecular formula is C14H17ClN2O3. The molecule has 0 spiro atoms. The maximum absolute atomic E-state index is 11.9. The molecule has 1 saturated heterocycles. The number of rotatable bonds is 4. The number of hydrogen-bond donors (Lipinski definition) is 2. The highest BCUT2D eigenvalue weighted by atomic mass is 35.5. The van der Waals surface area contributed by atoms with Crippen LogP contribution in [0.3, 0.4) is 0 Å². The lowest BCUT2D eigenvalue weighted by molar-refractivity contribution is -0.143. The highest BCUT2D eigenvalue weighted by molar-refractivity contribution is 6.30. The summed E-state index contributed by atoms with van der Waals surface area (Å²) in [7, 11) is 0. The fourth-order valence-electron chi connectivity index (χ4n) is 2.22. The lowest BCUT2D eigenvalue weighted by atomic mass is 9.97. The van der Waals surface area contributed by atoms with E-state index in [1.807, 2.05) is 4.90 Å². The predicted octanol–water partition coefficient (Wildman–Crippen LogP) is 1.82. The van der Waals surface area contributed by atoms with Gasteiger partial charge in [-0.1, -0.05) is 11.6 Å². The van der Waals surface area contributed by atoms with Crippen molar-refractivity contribution in [1.29, 1.82) is 0 Å². The van der Waals surface area contributed by atoms with E-state index in [1.54, 1.807) is 24.3 Å². The number of halogens is 1. The second-order valence-corrected chi connectivity index (χ2v) is 5.34. The topological polar surface area (TPSA) is 69.6 Å². The number of carboxylic acids is 1. The van der Waals surface area contributed by atoms with E-state index in [0.717, 1.165) is 0 Å². The number of carboxylic acid groups (broad SMARTS) is 1. The number of likely N-dealkylation sites (tertiary alicyclic amines) is 1. The second-order valence-electron chi connectivity index (χ2n) is 4.90. The van der Waals surface area contributed by atoms with Gasteiger partial charge in [0.25, 0.3) is 5.91 Å².